The molecule has 0 saturated heterocycles. The molecule has 0 aliphatic heterocycles. The number of carboxylic acid groups (broad SMARTS) is 1. The Morgan fingerprint density at radius 3 is 2.60 bits per heavy atom. The Labute approximate surface area is 129 Å². The first-order chi connectivity index (χ1) is 9.47. The maximum absolute atomic E-state index is 13.6. The van der Waals surface area contributed by atoms with Crippen molar-refractivity contribution in [1.82, 2.24) is 0 Å². The lowest BCUT2D eigenvalue weighted by molar-refractivity contribution is 0.0697. The number of rotatable bonds is 4. The van der Waals surface area contributed by atoms with Gasteiger partial charge in [-0.05, 0) is 35.9 Å². The third kappa shape index (κ3) is 3.66. The number of aromatic carboxylic acids is 1. The average molecular weight is 331 g/mol. The molecule has 0 unspecified atom stereocenters. The second-order valence-electron chi connectivity index (χ2n) is 3.97. The zero-order chi connectivity index (χ0) is 14.7. The van der Waals surface area contributed by atoms with Gasteiger partial charge < -0.3 is 5.11 Å². The molecule has 0 atom stereocenters. The number of thioether (sulfide) groups is 1. The molecule has 0 radical (unpaired) electrons. The molecule has 0 bridgehead atoms. The van der Waals surface area contributed by atoms with E-state index in [1.54, 1.807) is 18.2 Å². The molecule has 2 aromatic rings. The predicted molar refractivity (Wildman–Crippen MR) is 79.4 cm³/mol. The molecule has 1 N–H and O–H groups in total. The minimum absolute atomic E-state index is 0.0354. The molecular weight excluding hydrogens is 322 g/mol. The van der Waals surface area contributed by atoms with Crippen LogP contribution in [0, 0.1) is 5.82 Å². The number of hydrogen-bond donors (Lipinski definition) is 1. The van der Waals surface area contributed by atoms with E-state index in [0.717, 1.165) is 0 Å². The van der Waals surface area contributed by atoms with E-state index in [1.165, 1.54) is 30.0 Å². The van der Waals surface area contributed by atoms with Crippen LogP contribution in [0.15, 0.2) is 41.3 Å². The van der Waals surface area contributed by atoms with Gasteiger partial charge in [0, 0.05) is 15.7 Å². The van der Waals surface area contributed by atoms with E-state index in [-0.39, 0.29) is 16.4 Å². The van der Waals surface area contributed by atoms with Gasteiger partial charge in [0.05, 0.1) is 10.6 Å². The molecule has 0 fully saturated rings. The van der Waals surface area contributed by atoms with Crippen LogP contribution < -0.4 is 0 Å². The van der Waals surface area contributed by atoms with Gasteiger partial charge in [-0.3, -0.25) is 0 Å². The van der Waals surface area contributed by atoms with E-state index in [2.05, 4.69) is 0 Å². The lowest BCUT2D eigenvalue weighted by atomic mass is 10.2. The first-order valence-electron chi connectivity index (χ1n) is 5.57. The summed E-state index contributed by atoms with van der Waals surface area (Å²) in [5.41, 5.74) is 0.541. The van der Waals surface area contributed by atoms with Gasteiger partial charge in [-0.2, -0.15) is 0 Å². The quantitative estimate of drug-likeness (QED) is 0.790. The van der Waals surface area contributed by atoms with Crippen molar-refractivity contribution in [3.63, 3.8) is 0 Å². The van der Waals surface area contributed by atoms with E-state index >= 15 is 0 Å². The molecule has 2 aromatic carbocycles. The number of hydrogen-bond acceptors (Lipinski definition) is 2. The number of carbonyl (C=O) groups is 1. The Morgan fingerprint density at radius 1 is 1.20 bits per heavy atom. The van der Waals surface area contributed by atoms with Gasteiger partial charge in [-0.1, -0.05) is 29.3 Å². The predicted octanol–water partition coefficient (Wildman–Crippen LogP) is 5.12. The van der Waals surface area contributed by atoms with Gasteiger partial charge in [-0.25, -0.2) is 9.18 Å². The fraction of sp³-hybridized carbons (Fsp3) is 0.0714. The van der Waals surface area contributed by atoms with Crippen molar-refractivity contribution in [1.29, 1.82) is 0 Å². The molecule has 0 aromatic heterocycles. The van der Waals surface area contributed by atoms with Gasteiger partial charge in [0.1, 0.15) is 5.82 Å². The van der Waals surface area contributed by atoms with Crippen LogP contribution >= 0.6 is 35.0 Å². The molecule has 0 amide bonds. The molecule has 0 heterocycles. The minimum Gasteiger partial charge on any atom is -0.478 e. The van der Waals surface area contributed by atoms with Gasteiger partial charge in [0.25, 0.3) is 0 Å². The van der Waals surface area contributed by atoms with Crippen LogP contribution in [0.25, 0.3) is 0 Å². The number of carboxylic acids is 1. The van der Waals surface area contributed by atoms with E-state index < -0.39 is 5.97 Å². The molecule has 0 aliphatic rings. The van der Waals surface area contributed by atoms with Gasteiger partial charge in [0.15, 0.2) is 0 Å². The van der Waals surface area contributed by atoms with Crippen molar-refractivity contribution in [2.45, 2.75) is 10.6 Å². The van der Waals surface area contributed by atoms with Crippen LogP contribution in [0.4, 0.5) is 4.39 Å². The summed E-state index contributed by atoms with van der Waals surface area (Å²) < 4.78 is 13.6. The van der Waals surface area contributed by atoms with Crippen LogP contribution in [0.1, 0.15) is 15.9 Å². The summed E-state index contributed by atoms with van der Waals surface area (Å²) >= 11 is 12.8. The van der Waals surface area contributed by atoms with E-state index in [4.69, 9.17) is 28.3 Å². The smallest absolute Gasteiger partial charge is 0.337 e. The first kappa shape index (κ1) is 15.2. The molecule has 6 heteroatoms. The van der Waals surface area contributed by atoms with Crippen LogP contribution in [-0.2, 0) is 5.75 Å². The second kappa shape index (κ2) is 6.48. The third-order valence-electron chi connectivity index (χ3n) is 2.58. The molecule has 0 spiro atoms. The van der Waals surface area contributed by atoms with Crippen LogP contribution in [-0.4, -0.2) is 11.1 Å². The molecule has 2 rings (SSSR count). The lowest BCUT2D eigenvalue weighted by Gasteiger charge is -2.06. The Balaban J connectivity index is 2.15. The monoisotopic (exact) mass is 330 g/mol. The standard InChI is InChI=1S/C14H9Cl2FO2S/c15-9-2-1-8(13(17)5-9)7-20-10-3-4-12(16)11(6-10)14(18)19/h1-6H,7H2,(H,18,19). The van der Waals surface area contributed by atoms with Crippen molar-refractivity contribution >= 4 is 40.9 Å². The maximum Gasteiger partial charge on any atom is 0.337 e. The van der Waals surface area contributed by atoms with Crippen LogP contribution in [0.3, 0.4) is 0 Å². The molecule has 0 saturated carbocycles. The lowest BCUT2D eigenvalue weighted by Crippen LogP contribution is -1.97. The topological polar surface area (TPSA) is 37.3 Å². The summed E-state index contributed by atoms with van der Waals surface area (Å²) in [4.78, 5) is 11.7. The summed E-state index contributed by atoms with van der Waals surface area (Å²) in [5.74, 6) is -1.09. The average Bonchev–Trinajstić information content (AvgIpc) is 2.39. The number of halogens is 3. The zero-order valence-electron chi connectivity index (χ0n) is 10.1. The van der Waals surface area contributed by atoms with Gasteiger partial charge in [-0.15, -0.1) is 11.8 Å². The van der Waals surface area contributed by atoms with Crippen molar-refractivity contribution in [2.24, 2.45) is 0 Å². The van der Waals surface area contributed by atoms with Gasteiger partial charge >= 0.3 is 5.97 Å². The molecular formula is C14H9Cl2FO2S. The largest absolute Gasteiger partial charge is 0.478 e. The molecule has 2 nitrogen and oxygen atoms in total. The van der Waals surface area contributed by atoms with Gasteiger partial charge in [0.2, 0.25) is 0 Å². The highest BCUT2D eigenvalue weighted by molar-refractivity contribution is 7.98. The summed E-state index contributed by atoms with van der Waals surface area (Å²) in [6.07, 6.45) is 0. The summed E-state index contributed by atoms with van der Waals surface area (Å²) in [6.45, 7) is 0. The van der Waals surface area contributed by atoms with E-state index in [1.807, 2.05) is 0 Å². The highest BCUT2D eigenvalue weighted by atomic mass is 35.5. The van der Waals surface area contributed by atoms with Crippen LogP contribution in [0.2, 0.25) is 10.0 Å². The third-order valence-corrected chi connectivity index (χ3v) is 4.18. The highest BCUT2D eigenvalue weighted by Crippen LogP contribution is 2.28. The number of benzene rings is 2. The minimum atomic E-state index is -1.09. The van der Waals surface area contributed by atoms with E-state index in [0.29, 0.717) is 21.2 Å². The van der Waals surface area contributed by atoms with Crippen molar-refractivity contribution in [3.8, 4) is 0 Å². The fourth-order valence-electron chi connectivity index (χ4n) is 1.56. The second-order valence-corrected chi connectivity index (χ2v) is 5.86. The van der Waals surface area contributed by atoms with Crippen molar-refractivity contribution in [2.75, 3.05) is 0 Å². The highest BCUT2D eigenvalue weighted by Gasteiger charge is 2.10. The SMILES string of the molecule is O=C(O)c1cc(SCc2ccc(Cl)cc2F)ccc1Cl. The van der Waals surface area contributed by atoms with Crippen LogP contribution in [0.5, 0.6) is 0 Å². The Kier molecular flexibility index (Phi) is 4.91. The fourth-order valence-corrected chi connectivity index (χ4v) is 2.84. The molecule has 104 valence electrons. The summed E-state index contributed by atoms with van der Waals surface area (Å²) in [7, 11) is 0. The molecule has 20 heavy (non-hydrogen) atoms. The maximum atomic E-state index is 13.6. The van der Waals surface area contributed by atoms with E-state index in [9.17, 15) is 9.18 Å². The summed E-state index contributed by atoms with van der Waals surface area (Å²) in [6, 6.07) is 9.17. The Hall–Kier alpha value is -1.23. The summed E-state index contributed by atoms with van der Waals surface area (Å²) in [5, 5.41) is 9.51. The zero-order valence-corrected chi connectivity index (χ0v) is 12.4. The van der Waals surface area contributed by atoms with Crippen molar-refractivity contribution in [3.05, 3.63) is 63.4 Å². The van der Waals surface area contributed by atoms with Crippen molar-refractivity contribution < 1.29 is 14.3 Å². The Bertz CT molecular complexity index is 662. The Morgan fingerprint density at radius 2 is 1.95 bits per heavy atom. The first-order valence-corrected chi connectivity index (χ1v) is 7.31. The normalized spacial score (nSPS) is 10.6. The molecule has 0 aliphatic carbocycles.